The predicted molar refractivity (Wildman–Crippen MR) is 60.5 cm³/mol. The molecule has 1 heterocycles. The van der Waals surface area contributed by atoms with E-state index in [1.54, 1.807) is 0 Å². The second-order valence-electron chi connectivity index (χ2n) is 3.56. The van der Waals surface area contributed by atoms with Crippen molar-refractivity contribution >= 4 is 6.20 Å². The number of aromatic nitrogens is 2. The summed E-state index contributed by atoms with van der Waals surface area (Å²) >= 11 is 0. The van der Waals surface area contributed by atoms with Crippen molar-refractivity contribution in [2.75, 3.05) is 6.61 Å². The van der Waals surface area contributed by atoms with Crippen LogP contribution in [0.3, 0.4) is 0 Å². The molecule has 0 bridgehead atoms. The van der Waals surface area contributed by atoms with Crippen LogP contribution in [0, 0.1) is 6.92 Å². The Hall–Kier alpha value is -1.70. The van der Waals surface area contributed by atoms with Crippen LogP contribution < -0.4 is 11.2 Å². The zero-order valence-corrected chi connectivity index (χ0v) is 9.20. The van der Waals surface area contributed by atoms with Crippen LogP contribution in [0.5, 0.6) is 0 Å². The average molecular weight is 242 g/mol. The first-order valence-corrected chi connectivity index (χ1v) is 4.93. The lowest BCUT2D eigenvalue weighted by atomic mass is 10.2. The first-order chi connectivity index (χ1) is 7.95. The average Bonchev–Trinajstić information content (AvgIpc) is 2.30. The van der Waals surface area contributed by atoms with Crippen LogP contribution >= 0.6 is 0 Å². The highest BCUT2D eigenvalue weighted by molar-refractivity contribution is 5.25. The summed E-state index contributed by atoms with van der Waals surface area (Å²) < 4.78 is 1.06. The Labute approximate surface area is 96.3 Å². The molecule has 7 heteroatoms. The van der Waals surface area contributed by atoms with Gasteiger partial charge in [-0.05, 0) is 13.0 Å². The largest absolute Gasteiger partial charge is 0.394 e. The van der Waals surface area contributed by atoms with Crippen LogP contribution in [0.2, 0.25) is 0 Å². The van der Waals surface area contributed by atoms with E-state index in [1.807, 2.05) is 0 Å². The van der Waals surface area contributed by atoms with Gasteiger partial charge in [0.25, 0.3) is 5.56 Å². The van der Waals surface area contributed by atoms with E-state index in [2.05, 4.69) is 4.98 Å². The van der Waals surface area contributed by atoms with Crippen molar-refractivity contribution in [1.82, 2.24) is 9.55 Å². The molecule has 4 N–H and O–H groups in total. The molecule has 0 aliphatic carbocycles. The SMILES string of the molecule is Cc1cn(/C=C/[C@H](O)[C@H](O)CO)c(=O)[nH]c1=O. The Morgan fingerprint density at radius 3 is 2.71 bits per heavy atom. The smallest absolute Gasteiger partial charge is 0.332 e. The molecule has 0 aliphatic heterocycles. The summed E-state index contributed by atoms with van der Waals surface area (Å²) in [4.78, 5) is 24.5. The second kappa shape index (κ2) is 5.58. The molecule has 0 saturated carbocycles. The summed E-state index contributed by atoms with van der Waals surface area (Å²) in [5, 5.41) is 27.0. The summed E-state index contributed by atoms with van der Waals surface area (Å²) in [7, 11) is 0. The van der Waals surface area contributed by atoms with Crippen molar-refractivity contribution < 1.29 is 15.3 Å². The third-order valence-corrected chi connectivity index (χ3v) is 2.17. The molecule has 0 spiro atoms. The summed E-state index contributed by atoms with van der Waals surface area (Å²) in [6, 6.07) is 0. The number of rotatable bonds is 4. The topological polar surface area (TPSA) is 116 Å². The van der Waals surface area contributed by atoms with Crippen LogP contribution in [0.1, 0.15) is 5.56 Å². The fraction of sp³-hybridized carbons (Fsp3) is 0.400. The Balaban J connectivity index is 2.96. The van der Waals surface area contributed by atoms with E-state index in [-0.39, 0.29) is 0 Å². The Kier molecular flexibility index (Phi) is 4.38. The van der Waals surface area contributed by atoms with E-state index in [0.29, 0.717) is 5.56 Å². The molecule has 0 fully saturated rings. The maximum absolute atomic E-state index is 11.3. The number of nitrogens with one attached hydrogen (secondary N) is 1. The van der Waals surface area contributed by atoms with Gasteiger partial charge in [-0.25, -0.2) is 4.79 Å². The van der Waals surface area contributed by atoms with E-state index in [0.717, 1.165) is 10.6 Å². The fourth-order valence-electron chi connectivity index (χ4n) is 1.11. The minimum Gasteiger partial charge on any atom is -0.394 e. The van der Waals surface area contributed by atoms with Gasteiger partial charge in [-0.2, -0.15) is 0 Å². The summed E-state index contributed by atoms with van der Waals surface area (Å²) in [5.41, 5.74) is -0.787. The molecule has 0 amide bonds. The Morgan fingerprint density at radius 2 is 2.12 bits per heavy atom. The number of hydrogen-bond donors (Lipinski definition) is 4. The summed E-state index contributed by atoms with van der Waals surface area (Å²) in [6.07, 6.45) is 1.04. The molecule has 0 saturated heterocycles. The lowest BCUT2D eigenvalue weighted by Gasteiger charge is -2.10. The van der Waals surface area contributed by atoms with Gasteiger partial charge in [0, 0.05) is 18.0 Å². The van der Waals surface area contributed by atoms with Crippen LogP contribution in [0.25, 0.3) is 6.20 Å². The summed E-state index contributed by atoms with van der Waals surface area (Å²) in [6.45, 7) is 0.937. The quantitative estimate of drug-likeness (QED) is 0.489. The Morgan fingerprint density at radius 1 is 1.47 bits per heavy atom. The number of aliphatic hydroxyl groups excluding tert-OH is 3. The highest BCUT2D eigenvalue weighted by Crippen LogP contribution is 1.95. The number of aromatic amines is 1. The molecule has 0 aromatic carbocycles. The van der Waals surface area contributed by atoms with Gasteiger partial charge in [-0.1, -0.05) is 0 Å². The zero-order chi connectivity index (χ0) is 13.0. The fourth-order valence-corrected chi connectivity index (χ4v) is 1.11. The molecular formula is C10H14N2O5. The summed E-state index contributed by atoms with van der Waals surface area (Å²) in [5.74, 6) is 0. The standard InChI is InChI=1S/C10H14N2O5/c1-6-4-12(10(17)11-9(6)16)3-2-7(14)8(15)5-13/h2-4,7-8,13-15H,5H2,1H3,(H,11,16,17)/b3-2+/t7-,8+/m0/s1. The normalized spacial score (nSPS) is 15.1. The highest BCUT2D eigenvalue weighted by Gasteiger charge is 2.11. The van der Waals surface area contributed by atoms with Gasteiger partial charge >= 0.3 is 5.69 Å². The van der Waals surface area contributed by atoms with E-state index in [9.17, 15) is 14.7 Å². The number of H-pyrrole nitrogens is 1. The maximum atomic E-state index is 11.3. The highest BCUT2D eigenvalue weighted by atomic mass is 16.4. The third-order valence-electron chi connectivity index (χ3n) is 2.17. The van der Waals surface area contributed by atoms with Gasteiger partial charge in [-0.15, -0.1) is 0 Å². The monoisotopic (exact) mass is 242 g/mol. The number of aryl methyl sites for hydroxylation is 1. The van der Waals surface area contributed by atoms with Crippen molar-refractivity contribution in [3.8, 4) is 0 Å². The molecule has 2 atom stereocenters. The zero-order valence-electron chi connectivity index (χ0n) is 9.20. The minimum atomic E-state index is -1.31. The van der Waals surface area contributed by atoms with Gasteiger partial charge in [0.05, 0.1) is 6.61 Å². The second-order valence-corrected chi connectivity index (χ2v) is 3.56. The van der Waals surface area contributed by atoms with Gasteiger partial charge in [0.2, 0.25) is 0 Å². The molecule has 1 aromatic rings. The van der Waals surface area contributed by atoms with Crippen LogP contribution in [0.4, 0.5) is 0 Å². The van der Waals surface area contributed by atoms with Gasteiger partial charge in [-0.3, -0.25) is 14.3 Å². The van der Waals surface area contributed by atoms with Crippen molar-refractivity contribution in [3.05, 3.63) is 38.7 Å². The van der Waals surface area contributed by atoms with E-state index in [4.69, 9.17) is 10.2 Å². The van der Waals surface area contributed by atoms with Gasteiger partial charge in [0.1, 0.15) is 12.2 Å². The molecule has 17 heavy (non-hydrogen) atoms. The number of aliphatic hydroxyl groups is 3. The van der Waals surface area contributed by atoms with Crippen molar-refractivity contribution in [2.45, 2.75) is 19.1 Å². The molecule has 94 valence electrons. The molecular weight excluding hydrogens is 228 g/mol. The Bertz CT molecular complexity index is 516. The maximum Gasteiger partial charge on any atom is 0.332 e. The number of hydrogen-bond acceptors (Lipinski definition) is 5. The van der Waals surface area contributed by atoms with Crippen molar-refractivity contribution in [2.24, 2.45) is 0 Å². The van der Waals surface area contributed by atoms with Crippen LogP contribution in [0.15, 0.2) is 21.9 Å². The molecule has 0 unspecified atom stereocenters. The first-order valence-electron chi connectivity index (χ1n) is 4.93. The van der Waals surface area contributed by atoms with E-state index >= 15 is 0 Å². The lowest BCUT2D eigenvalue weighted by Crippen LogP contribution is -2.30. The molecule has 1 rings (SSSR count). The van der Waals surface area contributed by atoms with Gasteiger partial charge in [0.15, 0.2) is 0 Å². The predicted octanol–water partition coefficient (Wildman–Crippen LogP) is -1.97. The van der Waals surface area contributed by atoms with Crippen molar-refractivity contribution in [3.63, 3.8) is 0 Å². The lowest BCUT2D eigenvalue weighted by molar-refractivity contribution is 0.00973. The third kappa shape index (κ3) is 3.38. The van der Waals surface area contributed by atoms with E-state index < -0.39 is 30.1 Å². The molecule has 1 aromatic heterocycles. The van der Waals surface area contributed by atoms with Crippen molar-refractivity contribution in [1.29, 1.82) is 0 Å². The minimum absolute atomic E-state index is 0.339. The molecule has 7 nitrogen and oxygen atoms in total. The van der Waals surface area contributed by atoms with Gasteiger partial charge < -0.3 is 15.3 Å². The van der Waals surface area contributed by atoms with Crippen LogP contribution in [-0.4, -0.2) is 43.7 Å². The number of nitrogens with zero attached hydrogens (tertiary/aromatic N) is 1. The molecule has 0 radical (unpaired) electrons. The first kappa shape index (κ1) is 13.4. The van der Waals surface area contributed by atoms with E-state index in [1.165, 1.54) is 19.3 Å². The molecule has 0 aliphatic rings. The van der Waals surface area contributed by atoms with Crippen LogP contribution in [-0.2, 0) is 0 Å².